The standard InChI is InChI=1S/C10H14N4O4/c15-2-6-5(16)1-7(18-6)14-4-13-8-9(14)11-3-12-10(8)17/h3-7,10,15-17H,1-2H2,(H,11,12)/t5?,6-,7-,10?/m1/s1. The number of aliphatic imine (C=N–C) groups is 1. The molecule has 1 aromatic rings. The number of ether oxygens (including phenoxy) is 1. The van der Waals surface area contributed by atoms with E-state index in [9.17, 15) is 10.2 Å². The third-order valence-electron chi connectivity index (χ3n) is 3.18. The van der Waals surface area contributed by atoms with Crippen LogP contribution in [-0.4, -0.2) is 50.0 Å². The Kier molecular flexibility index (Phi) is 2.78. The minimum atomic E-state index is -0.984. The number of aromatic nitrogens is 2. The average Bonchev–Trinajstić information content (AvgIpc) is 2.93. The number of nitrogens with one attached hydrogen (secondary N) is 1. The Hall–Kier alpha value is -1.48. The molecule has 1 fully saturated rings. The first kappa shape index (κ1) is 11.6. The number of anilines is 1. The van der Waals surface area contributed by atoms with Gasteiger partial charge in [-0.1, -0.05) is 0 Å². The van der Waals surface area contributed by atoms with Crippen molar-refractivity contribution in [3.8, 4) is 0 Å². The third kappa shape index (κ3) is 1.70. The van der Waals surface area contributed by atoms with E-state index >= 15 is 0 Å². The van der Waals surface area contributed by atoms with E-state index in [0.717, 1.165) is 0 Å². The van der Waals surface area contributed by atoms with Crippen LogP contribution < -0.4 is 5.32 Å². The van der Waals surface area contributed by atoms with Gasteiger partial charge in [-0.15, -0.1) is 0 Å². The fraction of sp³-hybridized carbons (Fsp3) is 0.600. The van der Waals surface area contributed by atoms with Crippen molar-refractivity contribution in [2.75, 3.05) is 11.9 Å². The van der Waals surface area contributed by atoms with Crippen LogP contribution in [0.1, 0.15) is 24.6 Å². The van der Waals surface area contributed by atoms with Gasteiger partial charge in [-0.2, -0.15) is 0 Å². The zero-order chi connectivity index (χ0) is 12.7. The predicted octanol–water partition coefficient (Wildman–Crippen LogP) is -1.03. The first-order chi connectivity index (χ1) is 8.70. The van der Waals surface area contributed by atoms with E-state index < -0.39 is 24.7 Å². The normalized spacial score (nSPS) is 34.4. The Balaban J connectivity index is 1.87. The van der Waals surface area contributed by atoms with E-state index in [0.29, 0.717) is 17.9 Å². The Morgan fingerprint density at radius 1 is 1.50 bits per heavy atom. The molecule has 3 heterocycles. The lowest BCUT2D eigenvalue weighted by atomic mass is 10.2. The first-order valence-electron chi connectivity index (χ1n) is 5.68. The molecule has 4 N–H and O–H groups in total. The zero-order valence-corrected chi connectivity index (χ0v) is 9.47. The van der Waals surface area contributed by atoms with Crippen LogP contribution in [-0.2, 0) is 4.74 Å². The molecule has 8 nitrogen and oxygen atoms in total. The number of fused-ring (bicyclic) bond motifs is 1. The number of hydrogen-bond acceptors (Lipinski definition) is 7. The lowest BCUT2D eigenvalue weighted by Crippen LogP contribution is -2.24. The molecule has 0 saturated carbocycles. The molecular formula is C10H14N4O4. The van der Waals surface area contributed by atoms with Crippen LogP contribution in [0.2, 0.25) is 0 Å². The molecule has 0 aliphatic carbocycles. The predicted molar refractivity (Wildman–Crippen MR) is 60.9 cm³/mol. The van der Waals surface area contributed by atoms with E-state index in [1.165, 1.54) is 12.7 Å². The molecule has 2 aliphatic rings. The van der Waals surface area contributed by atoms with Crippen molar-refractivity contribution in [2.24, 2.45) is 4.99 Å². The van der Waals surface area contributed by atoms with Gasteiger partial charge < -0.3 is 25.4 Å². The van der Waals surface area contributed by atoms with Crippen molar-refractivity contribution in [2.45, 2.75) is 31.1 Å². The van der Waals surface area contributed by atoms with Gasteiger partial charge in [-0.25, -0.2) is 9.98 Å². The van der Waals surface area contributed by atoms with Gasteiger partial charge >= 0.3 is 0 Å². The van der Waals surface area contributed by atoms with Crippen molar-refractivity contribution >= 4 is 12.2 Å². The average molecular weight is 254 g/mol. The van der Waals surface area contributed by atoms with Crippen LogP contribution >= 0.6 is 0 Å². The number of imidazole rings is 1. The minimum Gasteiger partial charge on any atom is -0.394 e. The summed E-state index contributed by atoms with van der Waals surface area (Å²) in [5.74, 6) is 0.591. The van der Waals surface area contributed by atoms with Crippen molar-refractivity contribution < 1.29 is 20.1 Å². The van der Waals surface area contributed by atoms with Crippen molar-refractivity contribution in [1.29, 1.82) is 0 Å². The molecule has 0 bridgehead atoms. The lowest BCUT2D eigenvalue weighted by Gasteiger charge is -2.18. The van der Waals surface area contributed by atoms with E-state index in [-0.39, 0.29) is 6.61 Å². The van der Waals surface area contributed by atoms with Gasteiger partial charge in [0.15, 0.2) is 6.23 Å². The number of nitrogens with zero attached hydrogens (tertiary/aromatic N) is 3. The number of rotatable bonds is 2. The van der Waals surface area contributed by atoms with Crippen LogP contribution in [0.25, 0.3) is 0 Å². The number of aliphatic hydroxyl groups excluding tert-OH is 3. The second kappa shape index (κ2) is 4.32. The molecule has 8 heteroatoms. The summed E-state index contributed by atoms with van der Waals surface area (Å²) in [5, 5.41) is 31.3. The molecular weight excluding hydrogens is 240 g/mol. The van der Waals surface area contributed by atoms with E-state index in [1.54, 1.807) is 4.57 Å². The Bertz CT molecular complexity index is 474. The highest BCUT2D eigenvalue weighted by Gasteiger charge is 2.36. The number of hydrogen-bond donors (Lipinski definition) is 4. The summed E-state index contributed by atoms with van der Waals surface area (Å²) in [6, 6.07) is 0. The largest absolute Gasteiger partial charge is 0.394 e. The van der Waals surface area contributed by atoms with E-state index in [4.69, 9.17) is 9.84 Å². The molecule has 4 atom stereocenters. The maximum Gasteiger partial charge on any atom is 0.193 e. The molecule has 0 aromatic carbocycles. The second-order valence-electron chi connectivity index (χ2n) is 4.30. The fourth-order valence-electron chi connectivity index (χ4n) is 2.22. The quantitative estimate of drug-likeness (QED) is 0.537. The van der Waals surface area contributed by atoms with Gasteiger partial charge in [0, 0.05) is 6.42 Å². The van der Waals surface area contributed by atoms with Gasteiger partial charge in [-0.05, 0) is 0 Å². The second-order valence-corrected chi connectivity index (χ2v) is 4.30. The maximum atomic E-state index is 9.70. The van der Waals surface area contributed by atoms with Crippen LogP contribution in [0.4, 0.5) is 5.82 Å². The van der Waals surface area contributed by atoms with Crippen molar-refractivity contribution in [1.82, 2.24) is 9.55 Å². The third-order valence-corrected chi connectivity index (χ3v) is 3.18. The van der Waals surface area contributed by atoms with Crippen molar-refractivity contribution in [3.63, 3.8) is 0 Å². The van der Waals surface area contributed by atoms with Crippen LogP contribution in [0.5, 0.6) is 0 Å². The summed E-state index contributed by atoms with van der Waals surface area (Å²) in [6.45, 7) is -0.230. The van der Waals surface area contributed by atoms with E-state index in [1.807, 2.05) is 0 Å². The van der Waals surface area contributed by atoms with Gasteiger partial charge in [0.05, 0.1) is 25.4 Å². The van der Waals surface area contributed by atoms with E-state index in [2.05, 4.69) is 15.3 Å². The molecule has 1 saturated heterocycles. The molecule has 3 rings (SSSR count). The molecule has 2 unspecified atom stereocenters. The van der Waals surface area contributed by atoms with Crippen LogP contribution in [0.15, 0.2) is 11.3 Å². The Labute approximate surface area is 103 Å². The number of aliphatic hydroxyl groups is 3. The summed E-state index contributed by atoms with van der Waals surface area (Å²) in [6.07, 6.45) is 0.577. The van der Waals surface area contributed by atoms with Crippen LogP contribution in [0.3, 0.4) is 0 Å². The molecule has 0 amide bonds. The van der Waals surface area contributed by atoms with Crippen molar-refractivity contribution in [3.05, 3.63) is 12.0 Å². The molecule has 0 spiro atoms. The topological polar surface area (TPSA) is 112 Å². The SMILES string of the molecule is OC[C@H]1O[C@@H](n2cnc3c2NC=NC3O)CC1O. The molecule has 0 radical (unpaired) electrons. The van der Waals surface area contributed by atoms with Gasteiger partial charge in [0.25, 0.3) is 0 Å². The lowest BCUT2D eigenvalue weighted by molar-refractivity contribution is -0.0437. The summed E-state index contributed by atoms with van der Waals surface area (Å²) >= 11 is 0. The summed E-state index contributed by atoms with van der Waals surface area (Å²) in [4.78, 5) is 7.84. The summed E-state index contributed by atoms with van der Waals surface area (Å²) < 4.78 is 7.21. The van der Waals surface area contributed by atoms with Gasteiger partial charge in [-0.3, -0.25) is 4.57 Å². The molecule has 2 aliphatic heterocycles. The highest BCUT2D eigenvalue weighted by molar-refractivity contribution is 5.77. The first-order valence-corrected chi connectivity index (χ1v) is 5.68. The van der Waals surface area contributed by atoms with Gasteiger partial charge in [0.1, 0.15) is 23.8 Å². The smallest absolute Gasteiger partial charge is 0.193 e. The summed E-state index contributed by atoms with van der Waals surface area (Å²) in [5.41, 5.74) is 0.419. The highest BCUT2D eigenvalue weighted by Crippen LogP contribution is 2.34. The molecule has 18 heavy (non-hydrogen) atoms. The Morgan fingerprint density at radius 2 is 2.33 bits per heavy atom. The fourth-order valence-corrected chi connectivity index (χ4v) is 2.22. The van der Waals surface area contributed by atoms with Gasteiger partial charge in [0.2, 0.25) is 0 Å². The van der Waals surface area contributed by atoms with Crippen LogP contribution in [0, 0.1) is 0 Å². The monoisotopic (exact) mass is 254 g/mol. The molecule has 1 aromatic heterocycles. The Morgan fingerprint density at radius 3 is 3.06 bits per heavy atom. The zero-order valence-electron chi connectivity index (χ0n) is 9.47. The minimum absolute atomic E-state index is 0.230. The summed E-state index contributed by atoms with van der Waals surface area (Å²) in [7, 11) is 0. The molecule has 98 valence electrons. The highest BCUT2D eigenvalue weighted by atomic mass is 16.5. The maximum absolute atomic E-state index is 9.70.